The van der Waals surface area contributed by atoms with Gasteiger partial charge in [0.25, 0.3) is 0 Å². The Morgan fingerprint density at radius 2 is 2.22 bits per heavy atom. The predicted molar refractivity (Wildman–Crippen MR) is 62.3 cm³/mol. The molecule has 5 nitrogen and oxygen atoms in total. The number of aromatic nitrogens is 1. The van der Waals surface area contributed by atoms with Gasteiger partial charge in [0.15, 0.2) is 0 Å². The summed E-state index contributed by atoms with van der Waals surface area (Å²) in [5.74, 6) is -1.91. The monoisotopic (exact) mass is 254 g/mol. The van der Waals surface area contributed by atoms with Crippen molar-refractivity contribution >= 4 is 5.97 Å². The van der Waals surface area contributed by atoms with Gasteiger partial charge in [-0.1, -0.05) is 0 Å². The van der Waals surface area contributed by atoms with Crippen molar-refractivity contribution in [1.29, 1.82) is 0 Å². The molecule has 18 heavy (non-hydrogen) atoms. The number of likely N-dealkylation sites (tertiary alicyclic amines) is 1. The smallest absolute Gasteiger partial charge is 0.341 e. The van der Waals surface area contributed by atoms with Crippen LogP contribution in [0.3, 0.4) is 0 Å². The normalized spacial score (nSPS) is 17.7. The molecule has 1 fully saturated rings. The van der Waals surface area contributed by atoms with Gasteiger partial charge in [0.2, 0.25) is 5.88 Å². The molecule has 0 unspecified atom stereocenters. The third kappa shape index (κ3) is 2.95. The molecule has 0 aliphatic carbocycles. The van der Waals surface area contributed by atoms with E-state index in [1.54, 1.807) is 0 Å². The largest absolute Gasteiger partial charge is 0.477 e. The van der Waals surface area contributed by atoms with Gasteiger partial charge in [-0.2, -0.15) is 0 Å². The van der Waals surface area contributed by atoms with Gasteiger partial charge in [-0.15, -0.1) is 0 Å². The average Bonchev–Trinajstić information content (AvgIpc) is 2.34. The fourth-order valence-electron chi connectivity index (χ4n) is 1.93. The molecule has 0 aromatic carbocycles. The summed E-state index contributed by atoms with van der Waals surface area (Å²) in [5.41, 5.74) is -0.228. The van der Waals surface area contributed by atoms with Crippen LogP contribution in [0, 0.1) is 5.82 Å². The fourth-order valence-corrected chi connectivity index (χ4v) is 1.93. The molecule has 0 spiro atoms. The first-order chi connectivity index (χ1) is 8.56. The maximum atomic E-state index is 12.9. The van der Waals surface area contributed by atoms with Crippen LogP contribution in [0.15, 0.2) is 12.3 Å². The summed E-state index contributed by atoms with van der Waals surface area (Å²) in [6, 6.07) is 0.930. The lowest BCUT2D eigenvalue weighted by Crippen LogP contribution is -2.36. The van der Waals surface area contributed by atoms with Crippen molar-refractivity contribution in [3.8, 4) is 5.88 Å². The van der Waals surface area contributed by atoms with Crippen LogP contribution in [0.2, 0.25) is 0 Å². The molecule has 1 aromatic heterocycles. The number of aromatic carboxylic acids is 1. The third-order valence-corrected chi connectivity index (χ3v) is 2.99. The van der Waals surface area contributed by atoms with E-state index in [0.29, 0.717) is 0 Å². The third-order valence-electron chi connectivity index (χ3n) is 2.99. The van der Waals surface area contributed by atoms with Gasteiger partial charge in [0, 0.05) is 13.1 Å². The molecular formula is C12H15FN2O3. The summed E-state index contributed by atoms with van der Waals surface area (Å²) in [7, 11) is 2.02. The lowest BCUT2D eigenvalue weighted by molar-refractivity contribution is 0.0676. The molecule has 0 radical (unpaired) electrons. The molecule has 1 aliphatic rings. The predicted octanol–water partition coefficient (Wildman–Crippen LogP) is 1.39. The minimum absolute atomic E-state index is 0.00143. The van der Waals surface area contributed by atoms with Gasteiger partial charge in [0.1, 0.15) is 17.5 Å². The Labute approximate surface area is 104 Å². The zero-order valence-corrected chi connectivity index (χ0v) is 10.1. The molecule has 98 valence electrons. The zero-order chi connectivity index (χ0) is 13.1. The van der Waals surface area contributed by atoms with E-state index in [9.17, 15) is 9.18 Å². The number of hydrogen-bond acceptors (Lipinski definition) is 4. The van der Waals surface area contributed by atoms with Gasteiger partial charge in [0.05, 0.1) is 6.20 Å². The lowest BCUT2D eigenvalue weighted by Gasteiger charge is -2.29. The summed E-state index contributed by atoms with van der Waals surface area (Å²) in [6.45, 7) is 1.79. The van der Waals surface area contributed by atoms with Crippen molar-refractivity contribution in [3.05, 3.63) is 23.6 Å². The van der Waals surface area contributed by atoms with Gasteiger partial charge in [-0.25, -0.2) is 14.2 Å². The van der Waals surface area contributed by atoms with E-state index in [1.807, 2.05) is 7.05 Å². The van der Waals surface area contributed by atoms with E-state index in [4.69, 9.17) is 9.84 Å². The molecule has 1 aromatic rings. The molecule has 6 heteroatoms. The quantitative estimate of drug-likeness (QED) is 0.883. The van der Waals surface area contributed by atoms with Gasteiger partial charge < -0.3 is 14.7 Å². The van der Waals surface area contributed by atoms with E-state index >= 15 is 0 Å². The zero-order valence-electron chi connectivity index (χ0n) is 10.1. The SMILES string of the molecule is CN1CCC(Oc2ncc(F)cc2C(=O)O)CC1. The van der Waals surface area contributed by atoms with Crippen molar-refractivity contribution in [2.45, 2.75) is 18.9 Å². The Morgan fingerprint density at radius 1 is 1.56 bits per heavy atom. The minimum atomic E-state index is -1.23. The van der Waals surface area contributed by atoms with E-state index in [-0.39, 0.29) is 17.5 Å². The van der Waals surface area contributed by atoms with Crippen molar-refractivity contribution < 1.29 is 19.0 Å². The van der Waals surface area contributed by atoms with Crippen molar-refractivity contribution in [2.24, 2.45) is 0 Å². The van der Waals surface area contributed by atoms with Crippen LogP contribution in [0.4, 0.5) is 4.39 Å². The number of piperidine rings is 1. The first-order valence-electron chi connectivity index (χ1n) is 5.80. The van der Waals surface area contributed by atoms with Crippen molar-refractivity contribution in [3.63, 3.8) is 0 Å². The second-order valence-electron chi connectivity index (χ2n) is 4.43. The Hall–Kier alpha value is -1.69. The van der Waals surface area contributed by atoms with E-state index < -0.39 is 11.8 Å². The number of ether oxygens (including phenoxy) is 1. The highest BCUT2D eigenvalue weighted by atomic mass is 19.1. The number of pyridine rings is 1. The molecule has 1 saturated heterocycles. The maximum absolute atomic E-state index is 12.9. The van der Waals surface area contributed by atoms with Crippen molar-refractivity contribution in [1.82, 2.24) is 9.88 Å². The van der Waals surface area contributed by atoms with Crippen LogP contribution in [-0.4, -0.2) is 47.2 Å². The maximum Gasteiger partial charge on any atom is 0.341 e. The first kappa shape index (κ1) is 12.8. The number of carbonyl (C=O) groups is 1. The number of carboxylic acid groups (broad SMARTS) is 1. The molecule has 0 atom stereocenters. The van der Waals surface area contributed by atoms with Gasteiger partial charge in [-0.05, 0) is 26.0 Å². The topological polar surface area (TPSA) is 62.7 Å². The number of rotatable bonds is 3. The highest BCUT2D eigenvalue weighted by Gasteiger charge is 2.22. The molecule has 2 heterocycles. The number of halogens is 1. The summed E-state index contributed by atoms with van der Waals surface area (Å²) < 4.78 is 18.5. The highest BCUT2D eigenvalue weighted by molar-refractivity contribution is 5.90. The number of nitrogens with zero attached hydrogens (tertiary/aromatic N) is 2. The molecule has 0 amide bonds. The summed E-state index contributed by atoms with van der Waals surface area (Å²) >= 11 is 0. The van der Waals surface area contributed by atoms with Crippen LogP contribution in [0.1, 0.15) is 23.2 Å². The van der Waals surface area contributed by atoms with E-state index in [2.05, 4.69) is 9.88 Å². The molecule has 0 saturated carbocycles. The molecule has 1 N–H and O–H groups in total. The molecular weight excluding hydrogens is 239 g/mol. The standard InChI is InChI=1S/C12H15FN2O3/c1-15-4-2-9(3-5-15)18-11-10(12(16)17)6-8(13)7-14-11/h6-7,9H,2-5H2,1H3,(H,16,17). The minimum Gasteiger partial charge on any atom is -0.477 e. The van der Waals surface area contributed by atoms with E-state index in [0.717, 1.165) is 38.2 Å². The second kappa shape index (κ2) is 5.30. The number of hydrogen-bond donors (Lipinski definition) is 1. The highest BCUT2D eigenvalue weighted by Crippen LogP contribution is 2.21. The summed E-state index contributed by atoms with van der Waals surface area (Å²) in [4.78, 5) is 16.9. The number of carboxylic acids is 1. The van der Waals surface area contributed by atoms with Crippen LogP contribution in [0.5, 0.6) is 5.88 Å². The van der Waals surface area contributed by atoms with Gasteiger partial charge >= 0.3 is 5.97 Å². The Balaban J connectivity index is 2.11. The van der Waals surface area contributed by atoms with Crippen LogP contribution in [0.25, 0.3) is 0 Å². The molecule has 2 rings (SSSR count). The van der Waals surface area contributed by atoms with Crippen LogP contribution < -0.4 is 4.74 Å². The molecule has 0 bridgehead atoms. The Bertz CT molecular complexity index is 445. The van der Waals surface area contributed by atoms with Crippen LogP contribution in [-0.2, 0) is 0 Å². The lowest BCUT2D eigenvalue weighted by atomic mass is 10.1. The van der Waals surface area contributed by atoms with E-state index in [1.165, 1.54) is 0 Å². The summed E-state index contributed by atoms with van der Waals surface area (Å²) in [6.07, 6.45) is 2.54. The van der Waals surface area contributed by atoms with Gasteiger partial charge in [-0.3, -0.25) is 0 Å². The molecule has 1 aliphatic heterocycles. The fraction of sp³-hybridized carbons (Fsp3) is 0.500. The Kier molecular flexibility index (Phi) is 3.76. The second-order valence-corrected chi connectivity index (χ2v) is 4.43. The van der Waals surface area contributed by atoms with Crippen molar-refractivity contribution in [2.75, 3.05) is 20.1 Å². The average molecular weight is 254 g/mol. The Morgan fingerprint density at radius 3 is 2.83 bits per heavy atom. The van der Waals surface area contributed by atoms with Crippen LogP contribution >= 0.6 is 0 Å². The first-order valence-corrected chi connectivity index (χ1v) is 5.80. The summed E-state index contributed by atoms with van der Waals surface area (Å²) in [5, 5.41) is 8.97.